The van der Waals surface area contributed by atoms with E-state index in [9.17, 15) is 0 Å². The van der Waals surface area contributed by atoms with Gasteiger partial charge in [0.2, 0.25) is 0 Å². The van der Waals surface area contributed by atoms with Crippen molar-refractivity contribution in [3.05, 3.63) is 174 Å². The summed E-state index contributed by atoms with van der Waals surface area (Å²) >= 11 is 0. The van der Waals surface area contributed by atoms with Gasteiger partial charge in [0, 0.05) is 22.2 Å². The predicted octanol–water partition coefficient (Wildman–Crippen LogP) is 14.0. The SMILES string of the molecule is CC1(C)c2ccccc2-c2c(N(c3ccc(-c4ccccc4)cc3)c3ccccc3-c3cccc4cccc(C5CCCCC5)c34)cccc21. The largest absolute Gasteiger partial charge is 0.309 e. The zero-order chi connectivity index (χ0) is 33.7. The smallest absolute Gasteiger partial charge is 0.0543 e. The Hall–Kier alpha value is -5.40. The maximum Gasteiger partial charge on any atom is 0.0543 e. The number of rotatable bonds is 6. The highest BCUT2D eigenvalue weighted by atomic mass is 15.1. The van der Waals surface area contributed by atoms with E-state index < -0.39 is 0 Å². The van der Waals surface area contributed by atoms with Gasteiger partial charge in [-0.2, -0.15) is 0 Å². The molecule has 1 fully saturated rings. The lowest BCUT2D eigenvalue weighted by Gasteiger charge is -2.31. The van der Waals surface area contributed by atoms with Crippen molar-refractivity contribution >= 4 is 27.8 Å². The van der Waals surface area contributed by atoms with Gasteiger partial charge in [0.15, 0.2) is 0 Å². The van der Waals surface area contributed by atoms with Crippen LogP contribution in [0.25, 0.3) is 44.2 Å². The fourth-order valence-corrected chi connectivity index (χ4v) is 9.01. The lowest BCUT2D eigenvalue weighted by atomic mass is 9.80. The van der Waals surface area contributed by atoms with Gasteiger partial charge in [-0.1, -0.05) is 167 Å². The van der Waals surface area contributed by atoms with Gasteiger partial charge in [0.05, 0.1) is 11.4 Å². The van der Waals surface area contributed by atoms with Crippen molar-refractivity contribution in [3.63, 3.8) is 0 Å². The number of anilines is 3. The highest BCUT2D eigenvalue weighted by Crippen LogP contribution is 2.55. The van der Waals surface area contributed by atoms with Crippen molar-refractivity contribution in [1.82, 2.24) is 0 Å². The second-order valence-electron chi connectivity index (χ2n) is 14.7. The van der Waals surface area contributed by atoms with E-state index in [0.717, 1.165) is 5.69 Å². The average Bonchev–Trinajstić information content (AvgIpc) is 3.42. The summed E-state index contributed by atoms with van der Waals surface area (Å²) in [5, 5.41) is 2.74. The molecule has 0 bridgehead atoms. The maximum atomic E-state index is 2.53. The third kappa shape index (κ3) is 5.07. The van der Waals surface area contributed by atoms with E-state index in [0.29, 0.717) is 5.92 Å². The molecule has 0 heterocycles. The summed E-state index contributed by atoms with van der Waals surface area (Å²) in [4.78, 5) is 2.53. The number of para-hydroxylation sites is 1. The molecule has 1 saturated carbocycles. The number of benzene rings is 7. The standard InChI is InChI=1S/C49H43N/c1-49(2)43-26-11-9-23-42(43)48-44(49)27-15-29-46(48)50(38-32-30-35(31-33-38)34-16-5-3-6-17-34)45-28-12-10-22-40(45)41-25-14-21-37-20-13-24-39(47(37)41)36-18-7-4-8-19-36/h3,5-6,9-17,20-33,36H,4,7-8,18-19H2,1-2H3. The van der Waals surface area contributed by atoms with Gasteiger partial charge >= 0.3 is 0 Å². The molecule has 9 rings (SSSR count). The van der Waals surface area contributed by atoms with Crippen LogP contribution in [0.5, 0.6) is 0 Å². The molecule has 0 saturated heterocycles. The number of fused-ring (bicyclic) bond motifs is 4. The minimum atomic E-state index is -0.0885. The van der Waals surface area contributed by atoms with Gasteiger partial charge in [0.25, 0.3) is 0 Å². The Morgan fingerprint density at radius 2 is 1.08 bits per heavy atom. The molecule has 2 aliphatic rings. The average molecular weight is 646 g/mol. The second kappa shape index (κ2) is 12.5. The molecule has 0 unspecified atom stereocenters. The molecule has 7 aromatic carbocycles. The number of hydrogen-bond acceptors (Lipinski definition) is 1. The topological polar surface area (TPSA) is 3.24 Å². The molecule has 0 amide bonds. The quantitative estimate of drug-likeness (QED) is 0.174. The monoisotopic (exact) mass is 645 g/mol. The van der Waals surface area contributed by atoms with Crippen LogP contribution in [0.1, 0.15) is 68.6 Å². The molecule has 0 spiro atoms. The molecule has 1 nitrogen and oxygen atoms in total. The van der Waals surface area contributed by atoms with Gasteiger partial charge in [-0.25, -0.2) is 0 Å². The van der Waals surface area contributed by atoms with E-state index in [1.807, 2.05) is 0 Å². The minimum absolute atomic E-state index is 0.0885. The molecule has 0 aromatic heterocycles. The van der Waals surface area contributed by atoms with Gasteiger partial charge in [-0.05, 0) is 92.7 Å². The van der Waals surface area contributed by atoms with Crippen LogP contribution in [0.2, 0.25) is 0 Å². The fourth-order valence-electron chi connectivity index (χ4n) is 9.01. The fraction of sp³-hybridized carbons (Fsp3) is 0.184. The van der Waals surface area contributed by atoms with Crippen LogP contribution in [-0.2, 0) is 5.41 Å². The first-order chi connectivity index (χ1) is 24.6. The normalized spacial score (nSPS) is 15.1. The summed E-state index contributed by atoms with van der Waals surface area (Å²) in [7, 11) is 0. The third-order valence-corrected chi connectivity index (χ3v) is 11.5. The summed E-state index contributed by atoms with van der Waals surface area (Å²) in [5.74, 6) is 0.610. The lowest BCUT2D eigenvalue weighted by molar-refractivity contribution is 0.445. The van der Waals surface area contributed by atoms with Crippen molar-refractivity contribution in [2.24, 2.45) is 0 Å². The number of hydrogen-bond donors (Lipinski definition) is 0. The maximum absolute atomic E-state index is 2.53. The first-order valence-corrected chi connectivity index (χ1v) is 18.4. The highest BCUT2D eigenvalue weighted by Gasteiger charge is 2.38. The zero-order valence-corrected chi connectivity index (χ0v) is 29.1. The molecule has 0 atom stereocenters. The Morgan fingerprint density at radius 1 is 0.480 bits per heavy atom. The summed E-state index contributed by atoms with van der Waals surface area (Å²) in [6.07, 6.45) is 6.56. The van der Waals surface area contributed by atoms with Crippen LogP contribution < -0.4 is 4.90 Å². The predicted molar refractivity (Wildman–Crippen MR) is 213 cm³/mol. The van der Waals surface area contributed by atoms with Crippen molar-refractivity contribution in [1.29, 1.82) is 0 Å². The van der Waals surface area contributed by atoms with E-state index in [4.69, 9.17) is 0 Å². The molecule has 0 N–H and O–H groups in total. The van der Waals surface area contributed by atoms with E-state index >= 15 is 0 Å². The van der Waals surface area contributed by atoms with Gasteiger partial charge in [-0.15, -0.1) is 0 Å². The zero-order valence-electron chi connectivity index (χ0n) is 29.1. The third-order valence-electron chi connectivity index (χ3n) is 11.5. The Labute approximate surface area is 296 Å². The summed E-state index contributed by atoms with van der Waals surface area (Å²) in [5.41, 5.74) is 15.5. The van der Waals surface area contributed by atoms with Gasteiger partial charge in [-0.3, -0.25) is 0 Å². The first-order valence-electron chi connectivity index (χ1n) is 18.4. The van der Waals surface area contributed by atoms with Crippen LogP contribution >= 0.6 is 0 Å². The molecular formula is C49H43N. The Bertz CT molecular complexity index is 2320. The Kier molecular flexibility index (Phi) is 7.65. The van der Waals surface area contributed by atoms with Crippen LogP contribution in [0.3, 0.4) is 0 Å². The van der Waals surface area contributed by atoms with E-state index in [-0.39, 0.29) is 5.41 Å². The van der Waals surface area contributed by atoms with Gasteiger partial charge < -0.3 is 4.90 Å². The van der Waals surface area contributed by atoms with E-state index in [1.54, 1.807) is 0 Å². The van der Waals surface area contributed by atoms with Crippen molar-refractivity contribution < 1.29 is 0 Å². The summed E-state index contributed by atoms with van der Waals surface area (Å²) in [6.45, 7) is 4.74. The molecule has 244 valence electrons. The van der Waals surface area contributed by atoms with E-state index in [2.05, 4.69) is 176 Å². The van der Waals surface area contributed by atoms with Crippen molar-refractivity contribution in [2.75, 3.05) is 4.90 Å². The second-order valence-corrected chi connectivity index (χ2v) is 14.7. The van der Waals surface area contributed by atoms with Crippen LogP contribution in [0.15, 0.2) is 158 Å². The molecule has 7 aromatic rings. The lowest BCUT2D eigenvalue weighted by Crippen LogP contribution is -2.16. The van der Waals surface area contributed by atoms with Crippen molar-refractivity contribution in [2.45, 2.75) is 57.3 Å². The van der Waals surface area contributed by atoms with Crippen LogP contribution in [-0.4, -0.2) is 0 Å². The highest BCUT2D eigenvalue weighted by molar-refractivity contribution is 6.05. The Morgan fingerprint density at radius 3 is 1.88 bits per heavy atom. The first kappa shape index (κ1) is 30.6. The number of nitrogens with zero attached hydrogens (tertiary/aromatic N) is 1. The summed E-state index contributed by atoms with van der Waals surface area (Å²) < 4.78 is 0. The minimum Gasteiger partial charge on any atom is -0.309 e. The molecule has 0 radical (unpaired) electrons. The Balaban J connectivity index is 1.30. The molecule has 2 aliphatic carbocycles. The summed E-state index contributed by atoms with van der Waals surface area (Å²) in [6, 6.07) is 58.8. The molecule has 0 aliphatic heterocycles. The molecular weight excluding hydrogens is 603 g/mol. The van der Waals surface area contributed by atoms with Gasteiger partial charge in [0.1, 0.15) is 0 Å². The van der Waals surface area contributed by atoms with Crippen molar-refractivity contribution in [3.8, 4) is 33.4 Å². The van der Waals surface area contributed by atoms with E-state index in [1.165, 1.54) is 104 Å². The molecule has 1 heteroatoms. The van der Waals surface area contributed by atoms with Crippen LogP contribution in [0.4, 0.5) is 17.1 Å². The molecule has 50 heavy (non-hydrogen) atoms. The van der Waals surface area contributed by atoms with Crippen LogP contribution in [0, 0.1) is 0 Å².